The summed E-state index contributed by atoms with van der Waals surface area (Å²) in [5.74, 6) is 1.12. The van der Waals surface area contributed by atoms with Crippen molar-refractivity contribution >= 4 is 27.3 Å². The molecule has 1 saturated carbocycles. The first kappa shape index (κ1) is 12.4. The quantitative estimate of drug-likeness (QED) is 0.753. The van der Waals surface area contributed by atoms with Gasteiger partial charge in [0.25, 0.3) is 0 Å². The number of alkyl halides is 1. The standard InChI is InChI=1S/C14H17BrN2S/c15-10-14(5-1-2-6-14)11-17-8-7-16-13(17)12-4-3-9-18-12/h3-4,7-9H,1-2,5-6,10-11H2. The summed E-state index contributed by atoms with van der Waals surface area (Å²) < 4.78 is 2.33. The molecule has 0 unspecified atom stereocenters. The van der Waals surface area contributed by atoms with Crippen molar-refractivity contribution < 1.29 is 0 Å². The van der Waals surface area contributed by atoms with Gasteiger partial charge in [0.1, 0.15) is 5.82 Å². The van der Waals surface area contributed by atoms with E-state index in [9.17, 15) is 0 Å². The maximum absolute atomic E-state index is 4.52. The zero-order valence-electron chi connectivity index (χ0n) is 10.3. The molecule has 2 aromatic heterocycles. The Morgan fingerprint density at radius 1 is 1.39 bits per heavy atom. The van der Waals surface area contributed by atoms with E-state index in [4.69, 9.17) is 0 Å². The normalized spacial score (nSPS) is 18.3. The molecule has 0 aliphatic heterocycles. The number of rotatable bonds is 4. The van der Waals surface area contributed by atoms with Crippen molar-refractivity contribution in [2.24, 2.45) is 5.41 Å². The van der Waals surface area contributed by atoms with Crippen LogP contribution >= 0.6 is 27.3 Å². The minimum absolute atomic E-state index is 0.437. The number of halogens is 1. The first-order valence-corrected chi connectivity index (χ1v) is 8.44. The predicted octanol–water partition coefficient (Wildman–Crippen LogP) is 4.57. The molecule has 0 N–H and O–H groups in total. The van der Waals surface area contributed by atoms with E-state index >= 15 is 0 Å². The highest BCUT2D eigenvalue weighted by molar-refractivity contribution is 9.09. The highest BCUT2D eigenvalue weighted by atomic mass is 79.9. The van der Waals surface area contributed by atoms with Crippen molar-refractivity contribution in [2.75, 3.05) is 5.33 Å². The van der Waals surface area contributed by atoms with Crippen molar-refractivity contribution in [2.45, 2.75) is 32.2 Å². The Hall–Kier alpha value is -0.610. The maximum atomic E-state index is 4.52. The number of thiophene rings is 1. The average Bonchev–Trinajstić information content (AvgIpc) is 3.10. The fourth-order valence-electron chi connectivity index (χ4n) is 2.89. The van der Waals surface area contributed by atoms with Crippen LogP contribution in [0.25, 0.3) is 10.7 Å². The van der Waals surface area contributed by atoms with Crippen LogP contribution in [-0.4, -0.2) is 14.9 Å². The molecule has 0 aromatic carbocycles. The second-order valence-corrected chi connectivity index (χ2v) is 6.71. The zero-order chi connectivity index (χ0) is 12.4. The van der Waals surface area contributed by atoms with Crippen LogP contribution in [0.3, 0.4) is 0 Å². The maximum Gasteiger partial charge on any atom is 0.150 e. The van der Waals surface area contributed by atoms with Gasteiger partial charge in [-0.2, -0.15) is 0 Å². The van der Waals surface area contributed by atoms with Crippen molar-refractivity contribution in [1.82, 2.24) is 9.55 Å². The number of aromatic nitrogens is 2. The lowest BCUT2D eigenvalue weighted by Crippen LogP contribution is -2.25. The molecule has 0 spiro atoms. The highest BCUT2D eigenvalue weighted by Crippen LogP contribution is 2.41. The van der Waals surface area contributed by atoms with E-state index in [0.717, 1.165) is 17.7 Å². The molecule has 1 aliphatic carbocycles. The zero-order valence-corrected chi connectivity index (χ0v) is 12.7. The van der Waals surface area contributed by atoms with E-state index < -0.39 is 0 Å². The monoisotopic (exact) mass is 324 g/mol. The first-order valence-electron chi connectivity index (χ1n) is 6.44. The van der Waals surface area contributed by atoms with Gasteiger partial charge in [-0.05, 0) is 29.7 Å². The van der Waals surface area contributed by atoms with Gasteiger partial charge in [-0.3, -0.25) is 0 Å². The fourth-order valence-corrected chi connectivity index (χ4v) is 4.36. The Morgan fingerprint density at radius 2 is 2.22 bits per heavy atom. The Balaban J connectivity index is 1.87. The second-order valence-electron chi connectivity index (χ2n) is 5.20. The largest absolute Gasteiger partial charge is 0.330 e. The summed E-state index contributed by atoms with van der Waals surface area (Å²) in [5.41, 5.74) is 0.437. The van der Waals surface area contributed by atoms with Gasteiger partial charge in [-0.25, -0.2) is 4.98 Å². The van der Waals surface area contributed by atoms with Gasteiger partial charge in [0.15, 0.2) is 0 Å². The molecule has 0 radical (unpaired) electrons. The molecule has 4 heteroatoms. The summed E-state index contributed by atoms with van der Waals surface area (Å²) in [6.07, 6.45) is 9.45. The molecule has 2 heterocycles. The van der Waals surface area contributed by atoms with Crippen molar-refractivity contribution in [1.29, 1.82) is 0 Å². The van der Waals surface area contributed by atoms with Crippen LogP contribution in [0.1, 0.15) is 25.7 Å². The molecular formula is C14H17BrN2S. The lowest BCUT2D eigenvalue weighted by molar-refractivity contribution is 0.293. The Labute approximate surface area is 120 Å². The first-order chi connectivity index (χ1) is 8.83. The smallest absolute Gasteiger partial charge is 0.150 e. The van der Waals surface area contributed by atoms with E-state index in [-0.39, 0.29) is 0 Å². The van der Waals surface area contributed by atoms with Crippen LogP contribution in [0.15, 0.2) is 29.9 Å². The Bertz CT molecular complexity index is 498. The molecule has 1 aliphatic rings. The van der Waals surface area contributed by atoms with E-state index in [1.54, 1.807) is 11.3 Å². The summed E-state index contributed by atoms with van der Waals surface area (Å²) in [7, 11) is 0. The highest BCUT2D eigenvalue weighted by Gasteiger charge is 2.33. The van der Waals surface area contributed by atoms with E-state index in [2.05, 4.69) is 49.2 Å². The third-order valence-corrected chi connectivity index (χ3v) is 5.97. The topological polar surface area (TPSA) is 17.8 Å². The molecule has 1 fully saturated rings. The minimum Gasteiger partial charge on any atom is -0.330 e. The molecule has 0 atom stereocenters. The molecular weight excluding hydrogens is 308 g/mol. The lowest BCUT2D eigenvalue weighted by Gasteiger charge is -2.27. The van der Waals surface area contributed by atoms with Crippen LogP contribution in [0.5, 0.6) is 0 Å². The van der Waals surface area contributed by atoms with Crippen LogP contribution in [0.4, 0.5) is 0 Å². The van der Waals surface area contributed by atoms with E-state index in [1.165, 1.54) is 30.6 Å². The minimum atomic E-state index is 0.437. The van der Waals surface area contributed by atoms with Crippen LogP contribution in [-0.2, 0) is 6.54 Å². The predicted molar refractivity (Wildman–Crippen MR) is 80.2 cm³/mol. The van der Waals surface area contributed by atoms with Crippen LogP contribution < -0.4 is 0 Å². The number of imidazole rings is 1. The molecule has 2 nitrogen and oxygen atoms in total. The third-order valence-electron chi connectivity index (χ3n) is 3.91. The summed E-state index contributed by atoms with van der Waals surface area (Å²) in [5, 5.41) is 3.21. The van der Waals surface area contributed by atoms with Gasteiger partial charge >= 0.3 is 0 Å². The van der Waals surface area contributed by atoms with Gasteiger partial charge < -0.3 is 4.57 Å². The number of hydrogen-bond donors (Lipinski definition) is 0. The molecule has 3 rings (SSSR count). The molecule has 0 amide bonds. The summed E-state index contributed by atoms with van der Waals surface area (Å²) in [6.45, 7) is 1.09. The van der Waals surface area contributed by atoms with Gasteiger partial charge in [-0.1, -0.05) is 34.8 Å². The molecule has 0 saturated heterocycles. The fraction of sp³-hybridized carbons (Fsp3) is 0.500. The second kappa shape index (κ2) is 5.17. The molecule has 96 valence electrons. The summed E-state index contributed by atoms with van der Waals surface area (Å²) in [6, 6.07) is 4.24. The molecule has 2 aromatic rings. The van der Waals surface area contributed by atoms with Gasteiger partial charge in [0.2, 0.25) is 0 Å². The van der Waals surface area contributed by atoms with Gasteiger partial charge in [0.05, 0.1) is 4.88 Å². The van der Waals surface area contributed by atoms with E-state index in [0.29, 0.717) is 5.41 Å². The average molecular weight is 325 g/mol. The number of hydrogen-bond acceptors (Lipinski definition) is 2. The summed E-state index contributed by atoms with van der Waals surface area (Å²) in [4.78, 5) is 5.79. The van der Waals surface area contributed by atoms with Gasteiger partial charge in [-0.15, -0.1) is 11.3 Å². The van der Waals surface area contributed by atoms with Crippen molar-refractivity contribution in [3.8, 4) is 10.7 Å². The summed E-state index contributed by atoms with van der Waals surface area (Å²) >= 11 is 5.49. The van der Waals surface area contributed by atoms with E-state index in [1.807, 2.05) is 6.20 Å². The van der Waals surface area contributed by atoms with Crippen molar-refractivity contribution in [3.05, 3.63) is 29.9 Å². The van der Waals surface area contributed by atoms with Crippen LogP contribution in [0.2, 0.25) is 0 Å². The van der Waals surface area contributed by atoms with Crippen LogP contribution in [0, 0.1) is 5.41 Å². The SMILES string of the molecule is BrCC1(Cn2ccnc2-c2cccs2)CCCC1. The number of nitrogens with zero attached hydrogens (tertiary/aromatic N) is 2. The Kier molecular flexibility index (Phi) is 3.57. The Morgan fingerprint density at radius 3 is 2.89 bits per heavy atom. The lowest BCUT2D eigenvalue weighted by atomic mass is 9.88. The molecule has 18 heavy (non-hydrogen) atoms. The molecule has 0 bridgehead atoms. The van der Waals surface area contributed by atoms with Crippen molar-refractivity contribution in [3.63, 3.8) is 0 Å². The van der Waals surface area contributed by atoms with Gasteiger partial charge in [0, 0.05) is 24.3 Å². The third kappa shape index (κ3) is 2.28.